The van der Waals surface area contributed by atoms with Crippen LogP contribution in [0.1, 0.15) is 5.56 Å². The van der Waals surface area contributed by atoms with Crippen LogP contribution in [-0.2, 0) is 11.3 Å². The lowest BCUT2D eigenvalue weighted by atomic mass is 10.2. The summed E-state index contributed by atoms with van der Waals surface area (Å²) in [5.74, 6) is -0.161. The van der Waals surface area contributed by atoms with Gasteiger partial charge in [-0.2, -0.15) is 0 Å². The number of benzene rings is 1. The molecule has 2 fully saturated rings. The second-order valence-electron chi connectivity index (χ2n) is 6.54. The van der Waals surface area contributed by atoms with Crippen LogP contribution in [0.25, 0.3) is 0 Å². The Balaban J connectivity index is 1.35. The van der Waals surface area contributed by atoms with Gasteiger partial charge in [-0.25, -0.2) is 9.18 Å². The van der Waals surface area contributed by atoms with Crippen LogP contribution in [0.2, 0.25) is 0 Å². The highest BCUT2D eigenvalue weighted by Crippen LogP contribution is 2.12. The van der Waals surface area contributed by atoms with Crippen molar-refractivity contribution in [2.75, 3.05) is 65.6 Å². The van der Waals surface area contributed by atoms with E-state index >= 15 is 0 Å². The van der Waals surface area contributed by atoms with E-state index in [2.05, 4.69) is 15.1 Å². The zero-order chi connectivity index (χ0) is 17.5. The molecule has 0 saturated carbocycles. The Kier molecular flexibility index (Phi) is 6.61. The number of ether oxygens (including phenoxy) is 1. The Bertz CT molecular complexity index is 558. The van der Waals surface area contributed by atoms with Gasteiger partial charge in [0.2, 0.25) is 0 Å². The molecule has 138 valence electrons. The zero-order valence-corrected chi connectivity index (χ0v) is 14.6. The van der Waals surface area contributed by atoms with E-state index in [9.17, 15) is 9.18 Å². The van der Waals surface area contributed by atoms with Gasteiger partial charge in [0.05, 0.1) is 13.2 Å². The molecule has 25 heavy (non-hydrogen) atoms. The number of nitrogens with one attached hydrogen (secondary N) is 1. The molecular formula is C18H27FN4O2. The van der Waals surface area contributed by atoms with Gasteiger partial charge in [0.1, 0.15) is 5.82 Å². The number of morpholine rings is 1. The van der Waals surface area contributed by atoms with Gasteiger partial charge in [0.15, 0.2) is 0 Å². The van der Waals surface area contributed by atoms with Crippen molar-refractivity contribution in [3.05, 3.63) is 35.6 Å². The van der Waals surface area contributed by atoms with Crippen molar-refractivity contribution in [2.45, 2.75) is 6.54 Å². The molecule has 1 aromatic rings. The third-order valence-corrected chi connectivity index (χ3v) is 4.82. The van der Waals surface area contributed by atoms with Crippen molar-refractivity contribution in [2.24, 2.45) is 0 Å². The quantitative estimate of drug-likeness (QED) is 0.860. The maximum atomic E-state index is 13.7. The summed E-state index contributed by atoms with van der Waals surface area (Å²) in [5.41, 5.74) is 0.714. The second kappa shape index (κ2) is 9.12. The molecule has 1 aromatic carbocycles. The second-order valence-corrected chi connectivity index (χ2v) is 6.54. The molecule has 2 aliphatic heterocycles. The van der Waals surface area contributed by atoms with Crippen molar-refractivity contribution in [1.29, 1.82) is 0 Å². The first-order chi connectivity index (χ1) is 12.2. The Morgan fingerprint density at radius 1 is 1.04 bits per heavy atom. The molecule has 0 atom stereocenters. The minimum atomic E-state index is -0.161. The number of amides is 2. The normalized spacial score (nSPS) is 19.8. The maximum absolute atomic E-state index is 13.7. The van der Waals surface area contributed by atoms with Gasteiger partial charge in [0.25, 0.3) is 0 Å². The lowest BCUT2D eigenvalue weighted by Crippen LogP contribution is -2.52. The summed E-state index contributed by atoms with van der Waals surface area (Å²) in [5, 5.41) is 3.00. The first kappa shape index (κ1) is 18.1. The van der Waals surface area contributed by atoms with Crippen molar-refractivity contribution < 1.29 is 13.9 Å². The fourth-order valence-electron chi connectivity index (χ4n) is 3.23. The standard InChI is InChI=1S/C18H27FN4O2/c19-17-4-2-1-3-16(17)15-22-7-9-23(10-8-22)18(24)20-5-6-21-11-13-25-14-12-21/h1-4H,5-15H2,(H,20,24). The maximum Gasteiger partial charge on any atom is 0.317 e. The van der Waals surface area contributed by atoms with Gasteiger partial charge >= 0.3 is 6.03 Å². The smallest absolute Gasteiger partial charge is 0.317 e. The van der Waals surface area contributed by atoms with Crippen LogP contribution in [0.4, 0.5) is 9.18 Å². The molecule has 3 rings (SSSR count). The van der Waals surface area contributed by atoms with Crippen LogP contribution in [-0.4, -0.2) is 86.3 Å². The predicted molar refractivity (Wildman–Crippen MR) is 93.9 cm³/mol. The van der Waals surface area contributed by atoms with Gasteiger partial charge < -0.3 is 15.0 Å². The molecule has 2 aliphatic rings. The summed E-state index contributed by atoms with van der Waals surface area (Å²) in [6.07, 6.45) is 0. The largest absolute Gasteiger partial charge is 0.379 e. The van der Waals surface area contributed by atoms with Gasteiger partial charge in [0, 0.05) is 64.5 Å². The number of carbonyl (C=O) groups excluding carboxylic acids is 1. The molecule has 2 heterocycles. The lowest BCUT2D eigenvalue weighted by Gasteiger charge is -2.35. The molecule has 6 nitrogen and oxygen atoms in total. The van der Waals surface area contributed by atoms with E-state index in [-0.39, 0.29) is 11.8 Å². The Hall–Kier alpha value is -1.70. The van der Waals surface area contributed by atoms with Gasteiger partial charge in [-0.1, -0.05) is 18.2 Å². The molecule has 0 radical (unpaired) electrons. The van der Waals surface area contributed by atoms with E-state index in [1.54, 1.807) is 6.07 Å². The van der Waals surface area contributed by atoms with Crippen LogP contribution in [0.15, 0.2) is 24.3 Å². The Morgan fingerprint density at radius 2 is 1.76 bits per heavy atom. The predicted octanol–water partition coefficient (Wildman–Crippen LogP) is 0.985. The summed E-state index contributed by atoms with van der Waals surface area (Å²) < 4.78 is 19.0. The van der Waals surface area contributed by atoms with Gasteiger partial charge in [-0.05, 0) is 6.07 Å². The molecule has 7 heteroatoms. The molecule has 0 bridgehead atoms. The highest BCUT2D eigenvalue weighted by atomic mass is 19.1. The van der Waals surface area contributed by atoms with E-state index < -0.39 is 0 Å². The average Bonchev–Trinajstić information content (AvgIpc) is 2.65. The van der Waals surface area contributed by atoms with Crippen molar-refractivity contribution >= 4 is 6.03 Å². The summed E-state index contributed by atoms with van der Waals surface area (Å²) in [4.78, 5) is 18.6. The molecule has 2 amide bonds. The van der Waals surface area contributed by atoms with E-state index in [0.29, 0.717) is 31.7 Å². The summed E-state index contributed by atoms with van der Waals surface area (Å²) >= 11 is 0. The van der Waals surface area contributed by atoms with Crippen molar-refractivity contribution in [3.63, 3.8) is 0 Å². The molecule has 0 spiro atoms. The molecule has 0 aromatic heterocycles. The molecular weight excluding hydrogens is 323 g/mol. The summed E-state index contributed by atoms with van der Waals surface area (Å²) in [6, 6.07) is 6.88. The average molecular weight is 350 g/mol. The third-order valence-electron chi connectivity index (χ3n) is 4.82. The summed E-state index contributed by atoms with van der Waals surface area (Å²) in [7, 11) is 0. The fraction of sp³-hybridized carbons (Fsp3) is 0.611. The van der Waals surface area contributed by atoms with Crippen LogP contribution in [0.5, 0.6) is 0 Å². The number of piperazine rings is 1. The van der Waals surface area contributed by atoms with Crippen LogP contribution in [0, 0.1) is 5.82 Å². The molecule has 2 saturated heterocycles. The number of rotatable bonds is 5. The van der Waals surface area contributed by atoms with Crippen molar-refractivity contribution in [3.8, 4) is 0 Å². The van der Waals surface area contributed by atoms with Gasteiger partial charge in [-0.3, -0.25) is 9.80 Å². The van der Waals surface area contributed by atoms with Crippen LogP contribution < -0.4 is 5.32 Å². The Labute approximate surface area is 148 Å². The molecule has 0 aliphatic carbocycles. The number of nitrogens with zero attached hydrogens (tertiary/aromatic N) is 3. The molecule has 0 unspecified atom stereocenters. The third kappa shape index (κ3) is 5.39. The highest BCUT2D eigenvalue weighted by Gasteiger charge is 2.21. The van der Waals surface area contributed by atoms with E-state index in [1.807, 2.05) is 17.0 Å². The zero-order valence-electron chi connectivity index (χ0n) is 14.6. The fourth-order valence-corrected chi connectivity index (χ4v) is 3.23. The van der Waals surface area contributed by atoms with Gasteiger partial charge in [-0.15, -0.1) is 0 Å². The monoisotopic (exact) mass is 350 g/mol. The minimum absolute atomic E-state index is 0.00111. The number of halogens is 1. The van der Waals surface area contributed by atoms with E-state index in [1.165, 1.54) is 6.07 Å². The topological polar surface area (TPSA) is 48.1 Å². The lowest BCUT2D eigenvalue weighted by molar-refractivity contribution is 0.0385. The number of hydrogen-bond acceptors (Lipinski definition) is 4. The van der Waals surface area contributed by atoms with Crippen LogP contribution in [0.3, 0.4) is 0 Å². The first-order valence-corrected chi connectivity index (χ1v) is 9.01. The first-order valence-electron chi connectivity index (χ1n) is 9.01. The SMILES string of the molecule is O=C(NCCN1CCOCC1)N1CCN(Cc2ccccc2F)CC1. The van der Waals surface area contributed by atoms with E-state index in [0.717, 1.165) is 45.9 Å². The Morgan fingerprint density at radius 3 is 2.48 bits per heavy atom. The van der Waals surface area contributed by atoms with Crippen molar-refractivity contribution in [1.82, 2.24) is 20.0 Å². The molecule has 1 N–H and O–H groups in total. The minimum Gasteiger partial charge on any atom is -0.379 e. The number of urea groups is 1. The highest BCUT2D eigenvalue weighted by molar-refractivity contribution is 5.74. The summed E-state index contributed by atoms with van der Waals surface area (Å²) in [6.45, 7) is 8.44. The van der Waals surface area contributed by atoms with Crippen LogP contribution >= 0.6 is 0 Å². The van der Waals surface area contributed by atoms with E-state index in [4.69, 9.17) is 4.74 Å². The number of hydrogen-bond donors (Lipinski definition) is 1. The number of carbonyl (C=O) groups is 1.